The Labute approximate surface area is 104 Å². The second-order valence-electron chi connectivity index (χ2n) is 3.68. The number of Topliss-reactive ketones (excluding diaryl/α,β-unsaturated/α-hetero) is 1. The Balaban J connectivity index is 2.87. The molecule has 1 atom stereocenters. The number of benzene rings is 1. The number of hydrogen-bond donors (Lipinski definition) is 0. The van der Waals surface area contributed by atoms with Gasteiger partial charge in [-0.3, -0.25) is 4.79 Å². The highest BCUT2D eigenvalue weighted by Crippen LogP contribution is 2.25. The summed E-state index contributed by atoms with van der Waals surface area (Å²) in [5.74, 6) is 0.249. The Morgan fingerprint density at radius 3 is 2.73 bits per heavy atom. The molecule has 1 unspecified atom stereocenters. The summed E-state index contributed by atoms with van der Waals surface area (Å²) in [5.41, 5.74) is 0.698. The fourth-order valence-corrected chi connectivity index (χ4v) is 1.93. The Bertz CT molecular complexity index is 363. The van der Waals surface area contributed by atoms with Gasteiger partial charge in [0.2, 0.25) is 0 Å². The van der Waals surface area contributed by atoms with Crippen molar-refractivity contribution in [2.45, 2.75) is 26.7 Å². The molecule has 3 heteroatoms. The maximum atomic E-state index is 11.9. The van der Waals surface area contributed by atoms with Crippen molar-refractivity contribution in [1.82, 2.24) is 0 Å². The zero-order valence-corrected chi connectivity index (χ0v) is 11.2. The monoisotopic (exact) mass is 288 g/mol. The predicted octanol–water partition coefficient (Wildman–Crippen LogP) is 4.72. The van der Waals surface area contributed by atoms with Crippen molar-refractivity contribution in [3.8, 4) is 0 Å². The minimum Gasteiger partial charge on any atom is -0.294 e. The second-order valence-corrected chi connectivity index (χ2v) is 4.94. The Morgan fingerprint density at radius 1 is 1.53 bits per heavy atom. The third-order valence-electron chi connectivity index (χ3n) is 2.37. The van der Waals surface area contributed by atoms with Crippen LogP contribution in [0, 0.1) is 5.92 Å². The standard InChI is InChI=1S/C12H14BrClO/c1-3-4-8(2)12(15)9-5-6-10(13)11(14)7-9/h5-8H,3-4H2,1-2H3. The Kier molecular flexibility index (Phi) is 4.81. The van der Waals surface area contributed by atoms with Crippen LogP contribution in [0.5, 0.6) is 0 Å². The van der Waals surface area contributed by atoms with E-state index in [0.717, 1.165) is 17.3 Å². The van der Waals surface area contributed by atoms with Gasteiger partial charge in [-0.1, -0.05) is 37.9 Å². The number of carbonyl (C=O) groups is 1. The molecular weight excluding hydrogens is 275 g/mol. The number of rotatable bonds is 4. The summed E-state index contributed by atoms with van der Waals surface area (Å²) in [6.45, 7) is 4.04. The smallest absolute Gasteiger partial charge is 0.165 e. The zero-order valence-electron chi connectivity index (χ0n) is 8.89. The molecular formula is C12H14BrClO. The van der Waals surface area contributed by atoms with Gasteiger partial charge in [-0.05, 0) is 34.5 Å². The predicted molar refractivity (Wildman–Crippen MR) is 67.6 cm³/mol. The minimum atomic E-state index is 0.0762. The van der Waals surface area contributed by atoms with E-state index >= 15 is 0 Å². The van der Waals surface area contributed by atoms with E-state index in [4.69, 9.17) is 11.6 Å². The summed E-state index contributed by atoms with van der Waals surface area (Å²) >= 11 is 9.24. The quantitative estimate of drug-likeness (QED) is 0.733. The molecule has 0 bridgehead atoms. The number of carbonyl (C=O) groups excluding carboxylic acids is 1. The van der Waals surface area contributed by atoms with E-state index in [1.807, 2.05) is 19.1 Å². The van der Waals surface area contributed by atoms with Crippen molar-refractivity contribution in [1.29, 1.82) is 0 Å². The van der Waals surface area contributed by atoms with E-state index in [1.54, 1.807) is 6.07 Å². The van der Waals surface area contributed by atoms with Gasteiger partial charge in [0.15, 0.2) is 5.78 Å². The summed E-state index contributed by atoms with van der Waals surface area (Å²) in [7, 11) is 0. The van der Waals surface area contributed by atoms with Gasteiger partial charge in [-0.2, -0.15) is 0 Å². The largest absolute Gasteiger partial charge is 0.294 e. The van der Waals surface area contributed by atoms with Crippen LogP contribution in [0.1, 0.15) is 37.0 Å². The molecule has 0 amide bonds. The van der Waals surface area contributed by atoms with Gasteiger partial charge in [0.25, 0.3) is 0 Å². The maximum absolute atomic E-state index is 11.9. The summed E-state index contributed by atoms with van der Waals surface area (Å²) in [5, 5.41) is 0.588. The summed E-state index contributed by atoms with van der Waals surface area (Å²) in [6.07, 6.45) is 1.95. The minimum absolute atomic E-state index is 0.0762. The first kappa shape index (κ1) is 12.7. The highest BCUT2D eigenvalue weighted by Gasteiger charge is 2.14. The Morgan fingerprint density at radius 2 is 2.20 bits per heavy atom. The lowest BCUT2D eigenvalue weighted by atomic mass is 9.95. The van der Waals surface area contributed by atoms with E-state index in [-0.39, 0.29) is 11.7 Å². The fraction of sp³-hybridized carbons (Fsp3) is 0.417. The van der Waals surface area contributed by atoms with Crippen LogP contribution in [0.15, 0.2) is 22.7 Å². The van der Waals surface area contributed by atoms with Gasteiger partial charge in [0.1, 0.15) is 0 Å². The maximum Gasteiger partial charge on any atom is 0.165 e. The first-order valence-electron chi connectivity index (χ1n) is 5.05. The number of ketones is 1. The van der Waals surface area contributed by atoms with Crippen LogP contribution in [0.4, 0.5) is 0 Å². The van der Waals surface area contributed by atoms with Crippen LogP contribution in [-0.2, 0) is 0 Å². The van der Waals surface area contributed by atoms with Crippen molar-refractivity contribution < 1.29 is 4.79 Å². The third-order valence-corrected chi connectivity index (χ3v) is 3.61. The van der Waals surface area contributed by atoms with E-state index < -0.39 is 0 Å². The van der Waals surface area contributed by atoms with Crippen LogP contribution in [-0.4, -0.2) is 5.78 Å². The van der Waals surface area contributed by atoms with E-state index in [0.29, 0.717) is 10.6 Å². The van der Waals surface area contributed by atoms with E-state index in [2.05, 4.69) is 22.9 Å². The molecule has 0 spiro atoms. The van der Waals surface area contributed by atoms with Gasteiger partial charge < -0.3 is 0 Å². The van der Waals surface area contributed by atoms with Crippen molar-refractivity contribution in [2.24, 2.45) is 5.92 Å². The molecule has 15 heavy (non-hydrogen) atoms. The molecule has 0 aliphatic heterocycles. The first-order chi connectivity index (χ1) is 7.06. The molecule has 0 N–H and O–H groups in total. The first-order valence-corrected chi connectivity index (χ1v) is 6.22. The molecule has 1 rings (SSSR count). The third kappa shape index (κ3) is 3.32. The van der Waals surface area contributed by atoms with Crippen LogP contribution in [0.25, 0.3) is 0 Å². The van der Waals surface area contributed by atoms with Crippen LogP contribution >= 0.6 is 27.5 Å². The molecule has 0 aliphatic rings. The zero-order chi connectivity index (χ0) is 11.4. The molecule has 0 saturated heterocycles. The van der Waals surface area contributed by atoms with Gasteiger partial charge in [0.05, 0.1) is 5.02 Å². The lowest BCUT2D eigenvalue weighted by Crippen LogP contribution is -2.10. The topological polar surface area (TPSA) is 17.1 Å². The Hall–Kier alpha value is -0.340. The molecule has 1 aromatic carbocycles. The van der Waals surface area contributed by atoms with Gasteiger partial charge in [0, 0.05) is 16.0 Å². The summed E-state index contributed by atoms with van der Waals surface area (Å²) in [4.78, 5) is 11.9. The lowest BCUT2D eigenvalue weighted by molar-refractivity contribution is 0.0923. The molecule has 0 aliphatic carbocycles. The lowest BCUT2D eigenvalue weighted by Gasteiger charge is -2.09. The van der Waals surface area contributed by atoms with Crippen molar-refractivity contribution in [2.75, 3.05) is 0 Å². The highest BCUT2D eigenvalue weighted by atomic mass is 79.9. The fourth-order valence-electron chi connectivity index (χ4n) is 1.50. The van der Waals surface area contributed by atoms with Crippen molar-refractivity contribution in [3.05, 3.63) is 33.3 Å². The molecule has 0 aromatic heterocycles. The van der Waals surface area contributed by atoms with Crippen LogP contribution in [0.2, 0.25) is 5.02 Å². The number of halogens is 2. The van der Waals surface area contributed by atoms with Crippen LogP contribution < -0.4 is 0 Å². The molecule has 0 heterocycles. The van der Waals surface area contributed by atoms with Gasteiger partial charge in [-0.25, -0.2) is 0 Å². The molecule has 1 nitrogen and oxygen atoms in total. The van der Waals surface area contributed by atoms with Gasteiger partial charge >= 0.3 is 0 Å². The average molecular weight is 290 g/mol. The van der Waals surface area contributed by atoms with Crippen molar-refractivity contribution >= 4 is 33.3 Å². The molecule has 82 valence electrons. The molecule has 0 radical (unpaired) electrons. The highest BCUT2D eigenvalue weighted by molar-refractivity contribution is 9.10. The molecule has 1 aromatic rings. The summed E-state index contributed by atoms with van der Waals surface area (Å²) in [6, 6.07) is 5.35. The van der Waals surface area contributed by atoms with E-state index in [9.17, 15) is 4.79 Å². The number of hydrogen-bond acceptors (Lipinski definition) is 1. The molecule has 0 saturated carbocycles. The van der Waals surface area contributed by atoms with Crippen molar-refractivity contribution in [3.63, 3.8) is 0 Å². The second kappa shape index (κ2) is 5.66. The summed E-state index contributed by atoms with van der Waals surface area (Å²) < 4.78 is 0.823. The molecule has 0 fully saturated rings. The van der Waals surface area contributed by atoms with Gasteiger partial charge in [-0.15, -0.1) is 0 Å². The normalized spacial score (nSPS) is 12.5. The SMILES string of the molecule is CCCC(C)C(=O)c1ccc(Br)c(Cl)c1. The van der Waals surface area contributed by atoms with E-state index in [1.165, 1.54) is 0 Å². The average Bonchev–Trinajstić information content (AvgIpc) is 2.21. The van der Waals surface area contributed by atoms with Crippen LogP contribution in [0.3, 0.4) is 0 Å².